The van der Waals surface area contributed by atoms with Gasteiger partial charge < -0.3 is 24.3 Å². The van der Waals surface area contributed by atoms with Crippen LogP contribution >= 0.6 is 23.2 Å². The van der Waals surface area contributed by atoms with Crippen LogP contribution in [-0.2, 0) is 9.53 Å². The van der Waals surface area contributed by atoms with Crippen LogP contribution < -0.4 is 21.2 Å². The van der Waals surface area contributed by atoms with Crippen molar-refractivity contribution in [1.82, 2.24) is 58.8 Å². The maximum Gasteiger partial charge on any atom is 0.410 e. The molecule has 0 bridgehead atoms. The lowest BCUT2D eigenvalue weighted by atomic mass is 10.0. The molecule has 2 aromatic carbocycles. The lowest BCUT2D eigenvalue weighted by molar-refractivity contribution is -0.128. The Kier molecular flexibility index (Phi) is 19.1. The number of aromatic nitrogens is 10. The summed E-state index contributed by atoms with van der Waals surface area (Å²) in [6, 6.07) is 15.0. The van der Waals surface area contributed by atoms with E-state index in [1.807, 2.05) is 114 Å². The minimum atomic E-state index is -0.636. The number of pyridine rings is 2. The standard InChI is InChI=1S/C34H41ClFN7O3.C32H35ClFN7O2/c1-18(2)26-29(27(19(3)4)38-17-37-26)43-31-23(14-24(35)28(39-31)22-12-10-11-13-25(22)36)30(40-32(43)44)41-15-21(6)42(16-20(41)5)33(45)46-34(7,8)9;1-8-25(42)39-14-20(7)40(15-19(39)6)30-22-13-23(33)28(21-11-9-10-12-24(21)34)37-31(22)41(32(43)38-30)29-26(17(2)3)35-16-36-27(29)18(4)5/h10-14,17-21H,15-16H2,1-9H3;8-13,16-20H,1,14-15H2,2-7H3/t20-,21+;19-,20+/m01/s1. The molecule has 89 heavy (non-hydrogen) atoms. The van der Waals surface area contributed by atoms with E-state index in [4.69, 9.17) is 37.9 Å². The second-order valence-corrected chi connectivity index (χ2v) is 25.9. The molecule has 0 saturated carbocycles. The number of hydrogen-bond acceptors (Lipinski definition) is 15. The van der Waals surface area contributed by atoms with E-state index >= 15 is 8.78 Å². The lowest BCUT2D eigenvalue weighted by Crippen LogP contribution is -2.59. The van der Waals surface area contributed by atoms with Crippen molar-refractivity contribution >= 4 is 68.9 Å². The van der Waals surface area contributed by atoms with Crippen molar-refractivity contribution in [2.45, 2.75) is 157 Å². The number of piperazine rings is 2. The number of carbonyl (C=O) groups is 2. The number of nitrogens with zero attached hydrogens (tertiary/aromatic N) is 14. The Morgan fingerprint density at radius 1 is 0.573 bits per heavy atom. The molecule has 19 nitrogen and oxygen atoms in total. The molecular weight excluding hydrogens is 1180 g/mol. The number of carbonyl (C=O) groups excluding carboxylic acids is 2. The first-order chi connectivity index (χ1) is 42.0. The van der Waals surface area contributed by atoms with Gasteiger partial charge in [0, 0.05) is 61.5 Å². The van der Waals surface area contributed by atoms with Gasteiger partial charge in [0.05, 0.1) is 66.4 Å². The maximum atomic E-state index is 15.1. The summed E-state index contributed by atoms with van der Waals surface area (Å²) in [7, 11) is 0. The second kappa shape index (κ2) is 26.0. The first kappa shape index (κ1) is 65.2. The molecular formula is C66H76Cl2F2N14O5. The van der Waals surface area contributed by atoms with Crippen LogP contribution in [0.4, 0.5) is 25.2 Å². The summed E-state index contributed by atoms with van der Waals surface area (Å²) in [4.78, 5) is 98.8. The van der Waals surface area contributed by atoms with Crippen LogP contribution in [0, 0.1) is 11.6 Å². The van der Waals surface area contributed by atoms with Crippen LogP contribution in [0.5, 0.6) is 0 Å². The maximum absolute atomic E-state index is 15.1. The molecule has 0 N–H and O–H groups in total. The van der Waals surface area contributed by atoms with Crippen LogP contribution in [0.1, 0.15) is 150 Å². The predicted molar refractivity (Wildman–Crippen MR) is 346 cm³/mol. The Labute approximate surface area is 526 Å². The van der Waals surface area contributed by atoms with Gasteiger partial charge >= 0.3 is 17.5 Å². The molecule has 468 valence electrons. The average molecular weight is 1250 g/mol. The van der Waals surface area contributed by atoms with Gasteiger partial charge in [-0.05, 0) is 115 Å². The van der Waals surface area contributed by atoms with Crippen molar-refractivity contribution < 1.29 is 23.1 Å². The molecule has 23 heteroatoms. The van der Waals surface area contributed by atoms with E-state index in [1.165, 1.54) is 40.0 Å². The van der Waals surface area contributed by atoms with Crippen LogP contribution in [0.25, 0.3) is 56.0 Å². The minimum Gasteiger partial charge on any atom is -0.444 e. The fourth-order valence-corrected chi connectivity index (χ4v) is 12.0. The van der Waals surface area contributed by atoms with E-state index in [0.29, 0.717) is 82.7 Å². The zero-order chi connectivity index (χ0) is 64.8. The van der Waals surface area contributed by atoms with Crippen molar-refractivity contribution in [2.24, 2.45) is 0 Å². The van der Waals surface area contributed by atoms with E-state index in [-0.39, 0.29) is 97.6 Å². The van der Waals surface area contributed by atoms with Crippen molar-refractivity contribution in [3.63, 3.8) is 0 Å². The summed E-state index contributed by atoms with van der Waals surface area (Å²) >= 11 is 13.7. The highest BCUT2D eigenvalue weighted by atomic mass is 35.5. The molecule has 0 unspecified atom stereocenters. The SMILES string of the molecule is C=CC(=O)N1C[C@H](C)N(c2nc(=O)n(-c3c(C(C)C)ncnc3C(C)C)c3nc(-c4ccccc4F)c(Cl)cc23)C[C@H]1C.CC(C)c1ncnc(C(C)C)c1-n1c(=O)nc(N2C[C@@H](C)N(C(=O)OC(C)(C)C)C[C@@H]2C)c2cc(Cl)c(-c3ccccc3F)nc21. The van der Waals surface area contributed by atoms with E-state index < -0.39 is 34.7 Å². The second-order valence-electron chi connectivity index (χ2n) is 25.1. The van der Waals surface area contributed by atoms with Gasteiger partial charge in [0.2, 0.25) is 5.91 Å². The van der Waals surface area contributed by atoms with Gasteiger partial charge in [-0.1, -0.05) is 109 Å². The van der Waals surface area contributed by atoms with E-state index in [1.54, 1.807) is 58.3 Å². The molecule has 2 aliphatic heterocycles. The van der Waals surface area contributed by atoms with E-state index in [2.05, 4.69) is 36.5 Å². The normalized spacial score (nSPS) is 17.3. The largest absolute Gasteiger partial charge is 0.444 e. The van der Waals surface area contributed by atoms with Gasteiger partial charge in [0.25, 0.3) is 0 Å². The van der Waals surface area contributed by atoms with Crippen molar-refractivity contribution in [1.29, 1.82) is 0 Å². The third-order valence-corrected chi connectivity index (χ3v) is 16.4. The molecule has 8 heterocycles. The summed E-state index contributed by atoms with van der Waals surface area (Å²) in [5, 5.41) is 1.43. The van der Waals surface area contributed by atoms with Crippen molar-refractivity contribution in [3.8, 4) is 33.9 Å². The van der Waals surface area contributed by atoms with Gasteiger partial charge in [-0.25, -0.2) is 62.2 Å². The molecule has 10 rings (SSSR count). The van der Waals surface area contributed by atoms with Crippen LogP contribution in [-0.4, -0.2) is 127 Å². The van der Waals surface area contributed by atoms with Gasteiger partial charge in [-0.15, -0.1) is 0 Å². The Hall–Kier alpha value is -8.30. The molecule has 0 aliphatic carbocycles. The fraction of sp³-hybridized carbons (Fsp3) is 0.424. The smallest absolute Gasteiger partial charge is 0.410 e. The first-order valence-electron chi connectivity index (χ1n) is 30.0. The fourth-order valence-electron chi connectivity index (χ4n) is 11.5. The molecule has 0 spiro atoms. The Morgan fingerprint density at radius 3 is 1.28 bits per heavy atom. The van der Waals surface area contributed by atoms with Gasteiger partial charge in [-0.2, -0.15) is 9.97 Å². The number of halogens is 4. The minimum absolute atomic E-state index is 0.0492. The number of amides is 2. The van der Waals surface area contributed by atoms with Crippen molar-refractivity contribution in [3.05, 3.63) is 151 Å². The summed E-state index contributed by atoms with van der Waals surface area (Å²) in [6.45, 7) is 34.4. The zero-order valence-electron chi connectivity index (χ0n) is 53.0. The summed E-state index contributed by atoms with van der Waals surface area (Å²) < 4.78 is 38.7. The first-order valence-corrected chi connectivity index (χ1v) is 30.7. The Morgan fingerprint density at radius 2 is 0.933 bits per heavy atom. The highest BCUT2D eigenvalue weighted by molar-refractivity contribution is 6.34. The molecule has 2 amide bonds. The molecule has 0 radical (unpaired) electrons. The number of hydrogen-bond donors (Lipinski definition) is 0. The van der Waals surface area contributed by atoms with Gasteiger partial charge in [-0.3, -0.25) is 4.79 Å². The number of ether oxygens (including phenoxy) is 1. The summed E-state index contributed by atoms with van der Waals surface area (Å²) in [6.07, 6.45) is 3.92. The molecule has 4 atom stereocenters. The third-order valence-electron chi connectivity index (χ3n) is 15.9. The Balaban J connectivity index is 0.000000212. The Bertz CT molecular complexity index is 4120. The van der Waals surface area contributed by atoms with Crippen LogP contribution in [0.2, 0.25) is 10.0 Å². The predicted octanol–water partition coefficient (Wildman–Crippen LogP) is 13.0. The summed E-state index contributed by atoms with van der Waals surface area (Å²) in [5.41, 5.74) is 3.23. The highest BCUT2D eigenvalue weighted by Gasteiger charge is 2.38. The number of fused-ring (bicyclic) bond motifs is 2. The van der Waals surface area contributed by atoms with E-state index in [9.17, 15) is 19.2 Å². The number of anilines is 2. The average Bonchev–Trinajstić information content (AvgIpc) is 0.791. The van der Waals surface area contributed by atoms with E-state index in [0.717, 1.165) is 0 Å². The van der Waals surface area contributed by atoms with Gasteiger partial charge in [0.15, 0.2) is 11.3 Å². The van der Waals surface area contributed by atoms with Crippen LogP contribution in [0.3, 0.4) is 0 Å². The highest BCUT2D eigenvalue weighted by Crippen LogP contribution is 2.40. The number of benzene rings is 2. The lowest BCUT2D eigenvalue weighted by Gasteiger charge is -2.44. The molecule has 6 aromatic heterocycles. The van der Waals surface area contributed by atoms with Crippen molar-refractivity contribution in [2.75, 3.05) is 36.0 Å². The molecule has 2 fully saturated rings. The zero-order valence-corrected chi connectivity index (χ0v) is 54.5. The topological polar surface area (TPSA) is 203 Å². The quantitative estimate of drug-likeness (QED) is 0.111. The summed E-state index contributed by atoms with van der Waals surface area (Å²) in [5.74, 6) is -0.577. The number of rotatable bonds is 11. The van der Waals surface area contributed by atoms with Crippen LogP contribution in [0.15, 0.2) is 95.6 Å². The molecule has 2 aliphatic rings. The monoisotopic (exact) mass is 1250 g/mol. The molecule has 8 aromatic rings. The molecule has 2 saturated heterocycles. The van der Waals surface area contributed by atoms with Gasteiger partial charge in [0.1, 0.15) is 41.5 Å². The third kappa shape index (κ3) is 13.0.